The topological polar surface area (TPSA) is 103 Å². The van der Waals surface area contributed by atoms with Gasteiger partial charge < -0.3 is 19.9 Å². The lowest BCUT2D eigenvalue weighted by Gasteiger charge is -2.12. The number of carbonyl (C=O) groups excluding carboxylic acids is 2. The summed E-state index contributed by atoms with van der Waals surface area (Å²) in [4.78, 5) is 24.6. The van der Waals surface area contributed by atoms with Crippen LogP contribution in [0.4, 0.5) is 0 Å². The fourth-order valence-electron chi connectivity index (χ4n) is 4.46. The monoisotopic (exact) mass is 451 g/mol. The van der Waals surface area contributed by atoms with Crippen molar-refractivity contribution in [3.63, 3.8) is 0 Å². The first-order chi connectivity index (χ1) is 16.0. The third kappa shape index (κ3) is 4.85. The largest absolute Gasteiger partial charge is 0.496 e. The van der Waals surface area contributed by atoms with E-state index in [9.17, 15) is 14.7 Å². The Morgan fingerprint density at radius 3 is 2.58 bits per heavy atom. The maximum absolute atomic E-state index is 12.8. The predicted molar refractivity (Wildman–Crippen MR) is 123 cm³/mol. The van der Waals surface area contributed by atoms with Gasteiger partial charge in [0.15, 0.2) is 0 Å². The second-order valence-corrected chi connectivity index (χ2v) is 8.37. The molecule has 8 nitrogen and oxygen atoms in total. The summed E-state index contributed by atoms with van der Waals surface area (Å²) in [6, 6.07) is 10.5. The summed E-state index contributed by atoms with van der Waals surface area (Å²) in [6.07, 6.45) is 4.81. The highest BCUT2D eigenvalue weighted by Crippen LogP contribution is 2.27. The van der Waals surface area contributed by atoms with Crippen molar-refractivity contribution in [1.29, 1.82) is 0 Å². The van der Waals surface area contributed by atoms with Crippen LogP contribution in [-0.4, -0.2) is 47.5 Å². The van der Waals surface area contributed by atoms with E-state index in [0.717, 1.165) is 16.5 Å². The Labute approximate surface area is 192 Å². The highest BCUT2D eigenvalue weighted by atomic mass is 16.5. The first-order valence-electron chi connectivity index (χ1n) is 11.2. The van der Waals surface area contributed by atoms with Crippen LogP contribution in [0, 0.1) is 5.92 Å². The van der Waals surface area contributed by atoms with Gasteiger partial charge in [-0.15, -0.1) is 0 Å². The lowest BCUT2D eigenvalue weighted by molar-refractivity contribution is 0.0600. The van der Waals surface area contributed by atoms with Crippen molar-refractivity contribution in [3.8, 4) is 5.75 Å². The Balaban J connectivity index is 1.62. The fraction of sp³-hybridized carbons (Fsp3) is 0.400. The van der Waals surface area contributed by atoms with Gasteiger partial charge in [-0.1, -0.05) is 25.0 Å². The third-order valence-corrected chi connectivity index (χ3v) is 6.29. The number of aliphatic hydroxyl groups is 1. The Hall–Kier alpha value is -3.39. The van der Waals surface area contributed by atoms with E-state index in [2.05, 4.69) is 10.4 Å². The number of fused-ring (bicyclic) bond motifs is 1. The molecule has 8 heteroatoms. The fourth-order valence-corrected chi connectivity index (χ4v) is 4.46. The summed E-state index contributed by atoms with van der Waals surface area (Å²) in [6.45, 7) is 0.825. The van der Waals surface area contributed by atoms with Crippen LogP contribution in [0.1, 0.15) is 57.7 Å². The SMILES string of the molecule is COC(=O)c1ccc(Cn2nc(CO)c3ccc(C(=O)NCC4CCCC4)cc32)c(OC)c1. The smallest absolute Gasteiger partial charge is 0.337 e. The van der Waals surface area contributed by atoms with Gasteiger partial charge in [0, 0.05) is 23.1 Å². The number of methoxy groups -OCH3 is 2. The van der Waals surface area contributed by atoms with E-state index in [1.165, 1.54) is 39.9 Å². The highest BCUT2D eigenvalue weighted by Gasteiger charge is 2.18. The Bertz CT molecular complexity index is 1160. The number of aliphatic hydroxyl groups excluding tert-OH is 1. The van der Waals surface area contributed by atoms with Crippen molar-refractivity contribution >= 4 is 22.8 Å². The minimum atomic E-state index is -0.444. The number of carbonyl (C=O) groups is 2. The molecule has 3 aromatic rings. The molecule has 0 atom stereocenters. The van der Waals surface area contributed by atoms with E-state index in [1.54, 1.807) is 35.0 Å². The van der Waals surface area contributed by atoms with Gasteiger partial charge in [-0.2, -0.15) is 5.10 Å². The van der Waals surface area contributed by atoms with Crippen molar-refractivity contribution in [2.45, 2.75) is 38.8 Å². The van der Waals surface area contributed by atoms with Gasteiger partial charge in [-0.3, -0.25) is 9.48 Å². The summed E-state index contributed by atoms with van der Waals surface area (Å²) in [5.74, 6) is 0.532. The number of ether oxygens (including phenoxy) is 2. The molecule has 174 valence electrons. The molecule has 1 aliphatic rings. The number of aromatic nitrogens is 2. The predicted octanol–water partition coefficient (Wildman–Crippen LogP) is 3.29. The number of amides is 1. The van der Waals surface area contributed by atoms with Gasteiger partial charge in [-0.05, 0) is 43.0 Å². The minimum absolute atomic E-state index is 0.109. The van der Waals surface area contributed by atoms with Crippen LogP contribution in [-0.2, 0) is 17.9 Å². The second kappa shape index (κ2) is 10.0. The number of rotatable bonds is 8. The van der Waals surface area contributed by atoms with Crippen molar-refractivity contribution in [1.82, 2.24) is 15.1 Å². The Morgan fingerprint density at radius 1 is 1.12 bits per heavy atom. The van der Waals surface area contributed by atoms with Crippen LogP contribution in [0.2, 0.25) is 0 Å². The number of hydrogen-bond acceptors (Lipinski definition) is 6. The summed E-state index contributed by atoms with van der Waals surface area (Å²) >= 11 is 0. The van der Waals surface area contributed by atoms with Crippen molar-refractivity contribution in [3.05, 3.63) is 58.8 Å². The standard InChI is InChI=1S/C25H29N3O5/c1-32-23-12-18(25(31)33-2)7-8-19(23)14-28-22-11-17(9-10-20(22)21(15-29)27-28)24(30)26-13-16-5-3-4-6-16/h7-12,16,29H,3-6,13-15H2,1-2H3,(H,26,30). The lowest BCUT2D eigenvalue weighted by Crippen LogP contribution is -2.28. The van der Waals surface area contributed by atoms with Gasteiger partial charge in [0.2, 0.25) is 0 Å². The number of esters is 1. The molecule has 0 unspecified atom stereocenters. The molecule has 0 radical (unpaired) electrons. The van der Waals surface area contributed by atoms with E-state index in [-0.39, 0.29) is 12.5 Å². The van der Waals surface area contributed by atoms with Crippen molar-refractivity contribution < 1.29 is 24.2 Å². The van der Waals surface area contributed by atoms with E-state index in [1.807, 2.05) is 6.07 Å². The van der Waals surface area contributed by atoms with Crippen LogP contribution >= 0.6 is 0 Å². The van der Waals surface area contributed by atoms with Crippen molar-refractivity contribution in [2.75, 3.05) is 20.8 Å². The first-order valence-corrected chi connectivity index (χ1v) is 11.2. The Kier molecular flexibility index (Phi) is 6.93. The zero-order valence-electron chi connectivity index (χ0n) is 19.0. The molecule has 2 N–H and O–H groups in total. The molecular weight excluding hydrogens is 422 g/mol. The van der Waals surface area contributed by atoms with Crippen LogP contribution in [0.3, 0.4) is 0 Å². The summed E-state index contributed by atoms with van der Waals surface area (Å²) in [5, 5.41) is 18.2. The summed E-state index contributed by atoms with van der Waals surface area (Å²) < 4.78 is 12.0. The average molecular weight is 452 g/mol. The van der Waals surface area contributed by atoms with Gasteiger partial charge >= 0.3 is 5.97 Å². The molecule has 33 heavy (non-hydrogen) atoms. The molecule has 1 saturated carbocycles. The van der Waals surface area contributed by atoms with Crippen LogP contribution in [0.5, 0.6) is 5.75 Å². The third-order valence-electron chi connectivity index (χ3n) is 6.29. The van der Waals surface area contributed by atoms with E-state index >= 15 is 0 Å². The zero-order chi connectivity index (χ0) is 23.4. The maximum atomic E-state index is 12.8. The molecule has 1 aliphatic carbocycles. The van der Waals surface area contributed by atoms with Gasteiger partial charge in [-0.25, -0.2) is 4.79 Å². The highest BCUT2D eigenvalue weighted by molar-refractivity contribution is 5.98. The molecule has 1 aromatic heterocycles. The van der Waals surface area contributed by atoms with E-state index in [4.69, 9.17) is 9.47 Å². The molecule has 0 aliphatic heterocycles. The molecule has 0 bridgehead atoms. The first kappa shape index (κ1) is 22.8. The van der Waals surface area contributed by atoms with Gasteiger partial charge in [0.1, 0.15) is 5.75 Å². The molecular formula is C25H29N3O5. The molecule has 1 fully saturated rings. The average Bonchev–Trinajstić information content (AvgIpc) is 3.49. The molecule has 4 rings (SSSR count). The van der Waals surface area contributed by atoms with Gasteiger partial charge in [0.05, 0.1) is 44.1 Å². The quantitative estimate of drug-likeness (QED) is 0.510. The zero-order valence-corrected chi connectivity index (χ0v) is 19.0. The maximum Gasteiger partial charge on any atom is 0.337 e. The van der Waals surface area contributed by atoms with Crippen LogP contribution < -0.4 is 10.1 Å². The number of benzene rings is 2. The summed E-state index contributed by atoms with van der Waals surface area (Å²) in [7, 11) is 2.86. The molecule has 2 aromatic carbocycles. The normalized spacial score (nSPS) is 13.9. The van der Waals surface area contributed by atoms with E-state index in [0.29, 0.717) is 41.6 Å². The number of hydrogen-bond donors (Lipinski definition) is 2. The Morgan fingerprint density at radius 2 is 1.88 bits per heavy atom. The lowest BCUT2D eigenvalue weighted by atomic mass is 10.1. The number of nitrogens with one attached hydrogen (secondary N) is 1. The van der Waals surface area contributed by atoms with Crippen LogP contribution in [0.25, 0.3) is 10.9 Å². The number of nitrogens with zero attached hydrogens (tertiary/aromatic N) is 2. The van der Waals surface area contributed by atoms with Gasteiger partial charge in [0.25, 0.3) is 5.91 Å². The van der Waals surface area contributed by atoms with E-state index < -0.39 is 5.97 Å². The van der Waals surface area contributed by atoms with Crippen molar-refractivity contribution in [2.24, 2.45) is 5.92 Å². The second-order valence-electron chi connectivity index (χ2n) is 8.37. The minimum Gasteiger partial charge on any atom is -0.496 e. The molecule has 0 spiro atoms. The molecule has 1 heterocycles. The molecule has 0 saturated heterocycles. The van der Waals surface area contributed by atoms with Crippen LogP contribution in [0.15, 0.2) is 36.4 Å². The summed E-state index contributed by atoms with van der Waals surface area (Å²) in [5.41, 5.74) is 3.02. The molecule has 1 amide bonds.